The van der Waals surface area contributed by atoms with Gasteiger partial charge in [-0.15, -0.1) is 11.3 Å². The molecule has 0 saturated carbocycles. The molecule has 0 unspecified atom stereocenters. The Labute approximate surface area is 172 Å². The van der Waals surface area contributed by atoms with Crippen LogP contribution in [0.3, 0.4) is 0 Å². The first kappa shape index (κ1) is 20.5. The molecule has 1 aromatic heterocycles. The number of halogens is 1. The van der Waals surface area contributed by atoms with E-state index in [1.165, 1.54) is 23.5 Å². The standard InChI is InChI=1S/C22H20FNO4S/c1-27-18-5-2-4-15(12-18)13-21(26)28-14-20(25)24-22(19-6-3-11-29-19)16-7-9-17(23)10-8-16/h2-12,22H,13-14H2,1H3,(H,24,25)/t22-/m1/s1. The summed E-state index contributed by atoms with van der Waals surface area (Å²) < 4.78 is 23.5. The minimum Gasteiger partial charge on any atom is -0.497 e. The molecule has 3 rings (SSSR count). The molecule has 0 fully saturated rings. The molecular weight excluding hydrogens is 393 g/mol. The van der Waals surface area contributed by atoms with Gasteiger partial charge in [-0.2, -0.15) is 0 Å². The molecule has 1 N–H and O–H groups in total. The largest absolute Gasteiger partial charge is 0.497 e. The third-order valence-corrected chi connectivity index (χ3v) is 5.12. The van der Waals surface area contributed by atoms with E-state index in [0.717, 1.165) is 16.0 Å². The minimum atomic E-state index is -0.511. The zero-order valence-electron chi connectivity index (χ0n) is 15.8. The van der Waals surface area contributed by atoms with E-state index < -0.39 is 24.5 Å². The van der Waals surface area contributed by atoms with Crippen LogP contribution in [0.5, 0.6) is 5.75 Å². The molecule has 7 heteroatoms. The van der Waals surface area contributed by atoms with Crippen molar-refractivity contribution in [3.05, 3.63) is 87.9 Å². The first-order valence-corrected chi connectivity index (χ1v) is 9.80. The molecule has 0 saturated heterocycles. The predicted molar refractivity (Wildman–Crippen MR) is 108 cm³/mol. The maximum absolute atomic E-state index is 13.2. The van der Waals surface area contributed by atoms with Gasteiger partial charge >= 0.3 is 5.97 Å². The van der Waals surface area contributed by atoms with Crippen LogP contribution in [0.4, 0.5) is 4.39 Å². The summed E-state index contributed by atoms with van der Waals surface area (Å²) in [6, 6.07) is 16.3. The predicted octanol–water partition coefficient (Wildman–Crippen LogP) is 3.89. The Morgan fingerprint density at radius 3 is 2.59 bits per heavy atom. The zero-order valence-corrected chi connectivity index (χ0v) is 16.6. The van der Waals surface area contributed by atoms with Gasteiger partial charge in [-0.25, -0.2) is 4.39 Å². The molecule has 0 aliphatic heterocycles. The quantitative estimate of drug-likeness (QED) is 0.569. The molecule has 0 aliphatic carbocycles. The van der Waals surface area contributed by atoms with Gasteiger partial charge in [0.15, 0.2) is 6.61 Å². The monoisotopic (exact) mass is 413 g/mol. The fourth-order valence-corrected chi connectivity index (χ4v) is 3.58. The summed E-state index contributed by atoms with van der Waals surface area (Å²) in [5.74, 6) is -0.655. The van der Waals surface area contributed by atoms with Crippen molar-refractivity contribution in [3.8, 4) is 5.75 Å². The lowest BCUT2D eigenvalue weighted by molar-refractivity contribution is -0.148. The van der Waals surface area contributed by atoms with E-state index >= 15 is 0 Å². The lowest BCUT2D eigenvalue weighted by Gasteiger charge is -2.18. The highest BCUT2D eigenvalue weighted by molar-refractivity contribution is 7.10. The Hall–Kier alpha value is -3.19. The van der Waals surface area contributed by atoms with Crippen LogP contribution in [0.1, 0.15) is 22.0 Å². The summed E-state index contributed by atoms with van der Waals surface area (Å²) in [4.78, 5) is 25.3. The second-order valence-corrected chi connectivity index (χ2v) is 7.24. The zero-order chi connectivity index (χ0) is 20.6. The highest BCUT2D eigenvalue weighted by atomic mass is 32.1. The molecule has 0 aliphatic rings. The number of hydrogen-bond acceptors (Lipinski definition) is 5. The lowest BCUT2D eigenvalue weighted by Crippen LogP contribution is -2.33. The maximum Gasteiger partial charge on any atom is 0.310 e. The number of thiophene rings is 1. The van der Waals surface area contributed by atoms with Crippen LogP contribution in [0, 0.1) is 5.82 Å². The summed E-state index contributed by atoms with van der Waals surface area (Å²) in [6.07, 6.45) is 0.0385. The maximum atomic E-state index is 13.2. The summed E-state index contributed by atoms with van der Waals surface area (Å²) in [5.41, 5.74) is 1.47. The minimum absolute atomic E-state index is 0.0385. The molecule has 5 nitrogen and oxygen atoms in total. The third-order valence-electron chi connectivity index (χ3n) is 4.18. The normalized spacial score (nSPS) is 11.5. The third kappa shape index (κ3) is 5.89. The highest BCUT2D eigenvalue weighted by Crippen LogP contribution is 2.26. The van der Waals surface area contributed by atoms with Crippen LogP contribution in [-0.2, 0) is 20.7 Å². The van der Waals surface area contributed by atoms with Gasteiger partial charge < -0.3 is 14.8 Å². The van der Waals surface area contributed by atoms with Crippen molar-refractivity contribution in [2.75, 3.05) is 13.7 Å². The van der Waals surface area contributed by atoms with Gasteiger partial charge in [0.2, 0.25) is 0 Å². The van der Waals surface area contributed by atoms with E-state index in [9.17, 15) is 14.0 Å². The summed E-state index contributed by atoms with van der Waals surface area (Å²) >= 11 is 1.47. The number of ether oxygens (including phenoxy) is 2. The Bertz CT molecular complexity index is 957. The van der Waals surface area contributed by atoms with Crippen LogP contribution in [0.15, 0.2) is 66.0 Å². The molecule has 1 amide bonds. The number of hydrogen-bond donors (Lipinski definition) is 1. The molecule has 29 heavy (non-hydrogen) atoms. The van der Waals surface area contributed by atoms with Gasteiger partial charge in [-0.3, -0.25) is 9.59 Å². The molecule has 0 radical (unpaired) electrons. The van der Waals surface area contributed by atoms with Gasteiger partial charge in [-0.1, -0.05) is 30.3 Å². The Kier molecular flexibility index (Phi) is 6.97. The van der Waals surface area contributed by atoms with E-state index in [4.69, 9.17) is 9.47 Å². The van der Waals surface area contributed by atoms with Crippen molar-refractivity contribution in [1.82, 2.24) is 5.32 Å². The first-order chi connectivity index (χ1) is 14.0. The Balaban J connectivity index is 1.58. The number of carbonyl (C=O) groups excluding carboxylic acids is 2. The fraction of sp³-hybridized carbons (Fsp3) is 0.182. The van der Waals surface area contributed by atoms with Crippen molar-refractivity contribution >= 4 is 23.2 Å². The first-order valence-electron chi connectivity index (χ1n) is 8.92. The van der Waals surface area contributed by atoms with Crippen LogP contribution >= 0.6 is 11.3 Å². The Morgan fingerprint density at radius 2 is 1.90 bits per heavy atom. The summed E-state index contributed by atoms with van der Waals surface area (Å²) in [5, 5.41) is 4.74. The number of rotatable bonds is 8. The fourth-order valence-electron chi connectivity index (χ4n) is 2.78. The van der Waals surface area contributed by atoms with Crippen LogP contribution in [0.2, 0.25) is 0 Å². The van der Waals surface area contributed by atoms with Crippen molar-refractivity contribution < 1.29 is 23.5 Å². The highest BCUT2D eigenvalue weighted by Gasteiger charge is 2.19. The molecular formula is C22H20FNO4S. The van der Waals surface area contributed by atoms with Crippen molar-refractivity contribution in [2.45, 2.75) is 12.5 Å². The second kappa shape index (κ2) is 9.84. The molecule has 150 valence electrons. The van der Waals surface area contributed by atoms with Crippen LogP contribution in [-0.4, -0.2) is 25.6 Å². The number of amides is 1. The summed E-state index contributed by atoms with van der Waals surface area (Å²) in [7, 11) is 1.55. The van der Waals surface area contributed by atoms with E-state index in [1.807, 2.05) is 17.5 Å². The topological polar surface area (TPSA) is 64.6 Å². The van der Waals surface area contributed by atoms with E-state index in [-0.39, 0.29) is 12.2 Å². The van der Waals surface area contributed by atoms with Crippen molar-refractivity contribution in [3.63, 3.8) is 0 Å². The van der Waals surface area contributed by atoms with Gasteiger partial charge in [-0.05, 0) is 46.8 Å². The lowest BCUT2D eigenvalue weighted by atomic mass is 10.1. The van der Waals surface area contributed by atoms with Gasteiger partial charge in [0.05, 0.1) is 19.6 Å². The average Bonchev–Trinajstić information content (AvgIpc) is 3.26. The molecule has 0 bridgehead atoms. The smallest absolute Gasteiger partial charge is 0.310 e. The molecule has 1 heterocycles. The van der Waals surface area contributed by atoms with Crippen molar-refractivity contribution in [2.24, 2.45) is 0 Å². The van der Waals surface area contributed by atoms with Crippen molar-refractivity contribution in [1.29, 1.82) is 0 Å². The molecule has 0 spiro atoms. The van der Waals surface area contributed by atoms with E-state index in [2.05, 4.69) is 5.32 Å². The molecule has 2 aromatic carbocycles. The molecule has 1 atom stereocenters. The number of carbonyl (C=O) groups is 2. The van der Waals surface area contributed by atoms with Crippen LogP contribution in [0.25, 0.3) is 0 Å². The van der Waals surface area contributed by atoms with Gasteiger partial charge in [0, 0.05) is 4.88 Å². The van der Waals surface area contributed by atoms with Gasteiger partial charge in [0.25, 0.3) is 5.91 Å². The van der Waals surface area contributed by atoms with Gasteiger partial charge in [0.1, 0.15) is 11.6 Å². The number of methoxy groups -OCH3 is 1. The molecule has 3 aromatic rings. The van der Waals surface area contributed by atoms with E-state index in [0.29, 0.717) is 5.75 Å². The van der Waals surface area contributed by atoms with Crippen LogP contribution < -0.4 is 10.1 Å². The Morgan fingerprint density at radius 1 is 1.10 bits per heavy atom. The SMILES string of the molecule is COc1cccc(CC(=O)OCC(=O)N[C@H](c2ccc(F)cc2)c2cccs2)c1. The second-order valence-electron chi connectivity index (χ2n) is 6.26. The summed E-state index contributed by atoms with van der Waals surface area (Å²) in [6.45, 7) is -0.397. The number of benzene rings is 2. The number of nitrogens with one attached hydrogen (secondary N) is 1. The number of esters is 1. The van der Waals surface area contributed by atoms with E-state index in [1.54, 1.807) is 43.5 Å². The average molecular weight is 413 g/mol.